The number of alkyl halides is 2. The minimum absolute atomic E-state index is 0.124. The Bertz CT molecular complexity index is 460. The molecular weight excluding hydrogens is 262 g/mol. The van der Waals surface area contributed by atoms with Crippen LogP contribution in [0, 0.1) is 0 Å². The first-order valence-corrected chi connectivity index (χ1v) is 7.06. The van der Waals surface area contributed by atoms with E-state index in [4.69, 9.17) is 0 Å². The Morgan fingerprint density at radius 2 is 1.83 bits per heavy atom. The average Bonchev–Trinajstić information content (AvgIpc) is 2.34. The Kier molecular flexibility index (Phi) is 5.49. The molecule has 0 saturated heterocycles. The van der Waals surface area contributed by atoms with E-state index in [1.54, 1.807) is 0 Å². The number of benzene rings is 1. The van der Waals surface area contributed by atoms with Crippen LogP contribution in [0.3, 0.4) is 0 Å². The molecule has 0 aliphatic rings. The Morgan fingerprint density at radius 1 is 1.22 bits per heavy atom. The fourth-order valence-corrected chi connectivity index (χ4v) is 2.40. The van der Waals surface area contributed by atoms with E-state index in [9.17, 15) is 17.2 Å². The van der Waals surface area contributed by atoms with Crippen LogP contribution in [-0.4, -0.2) is 27.9 Å². The van der Waals surface area contributed by atoms with Gasteiger partial charge in [-0.15, -0.1) is 0 Å². The third kappa shape index (κ3) is 4.58. The molecule has 102 valence electrons. The maximum Gasteiger partial charge on any atom is 0.255 e. The lowest BCUT2D eigenvalue weighted by atomic mass is 10.3. The molecule has 1 rings (SSSR count). The van der Waals surface area contributed by atoms with Crippen molar-refractivity contribution in [3.05, 3.63) is 24.3 Å². The number of nitrogens with one attached hydrogen (secondary N) is 2. The first-order chi connectivity index (χ1) is 8.45. The standard InChI is InChI=1S/C11H16F2N2O2S/c1-2-7-15-18(16,17)10-5-3-9(4-6-10)14-8-11(12)13/h3-6,11,14-15H,2,7-8H2,1H3. The van der Waals surface area contributed by atoms with Crippen molar-refractivity contribution in [1.29, 1.82) is 0 Å². The highest BCUT2D eigenvalue weighted by molar-refractivity contribution is 7.89. The number of sulfonamides is 1. The molecular formula is C11H16F2N2O2S. The van der Waals surface area contributed by atoms with E-state index in [0.717, 1.165) is 0 Å². The van der Waals surface area contributed by atoms with E-state index in [1.165, 1.54) is 24.3 Å². The van der Waals surface area contributed by atoms with Crippen LogP contribution in [0.15, 0.2) is 29.2 Å². The van der Waals surface area contributed by atoms with Gasteiger partial charge in [0.1, 0.15) is 0 Å². The lowest BCUT2D eigenvalue weighted by molar-refractivity contribution is 0.163. The Morgan fingerprint density at radius 3 is 2.33 bits per heavy atom. The van der Waals surface area contributed by atoms with Gasteiger partial charge < -0.3 is 5.32 Å². The summed E-state index contributed by atoms with van der Waals surface area (Å²) >= 11 is 0. The number of halogens is 2. The predicted molar refractivity (Wildman–Crippen MR) is 66.4 cm³/mol. The molecule has 0 aliphatic heterocycles. The van der Waals surface area contributed by atoms with Crippen LogP contribution in [-0.2, 0) is 10.0 Å². The maximum absolute atomic E-state index is 12.0. The van der Waals surface area contributed by atoms with Crippen LogP contribution in [0.1, 0.15) is 13.3 Å². The molecule has 0 fully saturated rings. The molecule has 7 heteroatoms. The van der Waals surface area contributed by atoms with Crippen molar-refractivity contribution in [3.8, 4) is 0 Å². The highest BCUT2D eigenvalue weighted by Gasteiger charge is 2.12. The summed E-state index contributed by atoms with van der Waals surface area (Å²) in [5.74, 6) is 0. The summed E-state index contributed by atoms with van der Waals surface area (Å²) in [6, 6.07) is 5.68. The number of hydrogen-bond donors (Lipinski definition) is 2. The van der Waals surface area contributed by atoms with E-state index in [-0.39, 0.29) is 4.90 Å². The summed E-state index contributed by atoms with van der Waals surface area (Å²) < 4.78 is 49.8. The summed E-state index contributed by atoms with van der Waals surface area (Å²) in [7, 11) is -3.50. The number of rotatable bonds is 7. The normalized spacial score (nSPS) is 11.8. The quantitative estimate of drug-likeness (QED) is 0.802. The first kappa shape index (κ1) is 14.8. The first-order valence-electron chi connectivity index (χ1n) is 5.57. The highest BCUT2D eigenvalue weighted by Crippen LogP contribution is 2.14. The van der Waals surface area contributed by atoms with Crippen molar-refractivity contribution < 1.29 is 17.2 Å². The summed E-state index contributed by atoms with van der Waals surface area (Å²) in [6.45, 7) is 1.77. The molecule has 4 nitrogen and oxygen atoms in total. The average molecular weight is 278 g/mol. The van der Waals surface area contributed by atoms with Crippen LogP contribution in [0.4, 0.5) is 14.5 Å². The Labute approximate surface area is 105 Å². The SMILES string of the molecule is CCCNS(=O)(=O)c1ccc(NCC(F)F)cc1. The lowest BCUT2D eigenvalue weighted by Gasteiger charge is -2.08. The molecule has 0 unspecified atom stereocenters. The monoisotopic (exact) mass is 278 g/mol. The van der Waals surface area contributed by atoms with Crippen molar-refractivity contribution in [1.82, 2.24) is 4.72 Å². The zero-order valence-electron chi connectivity index (χ0n) is 9.99. The van der Waals surface area contributed by atoms with Gasteiger partial charge in [0.25, 0.3) is 6.43 Å². The fraction of sp³-hybridized carbons (Fsp3) is 0.455. The van der Waals surface area contributed by atoms with Crippen molar-refractivity contribution in [2.45, 2.75) is 24.7 Å². The Hall–Kier alpha value is -1.21. The van der Waals surface area contributed by atoms with Crippen LogP contribution in [0.5, 0.6) is 0 Å². The van der Waals surface area contributed by atoms with Crippen LogP contribution < -0.4 is 10.0 Å². The molecule has 0 heterocycles. The third-order valence-corrected chi connectivity index (χ3v) is 3.64. The third-order valence-electron chi connectivity index (χ3n) is 2.17. The topological polar surface area (TPSA) is 58.2 Å². The molecule has 0 amide bonds. The van der Waals surface area contributed by atoms with Gasteiger partial charge in [-0.3, -0.25) is 0 Å². The van der Waals surface area contributed by atoms with Gasteiger partial charge in [0, 0.05) is 12.2 Å². The molecule has 0 aliphatic carbocycles. The summed E-state index contributed by atoms with van der Waals surface area (Å²) in [4.78, 5) is 0.124. The minimum Gasteiger partial charge on any atom is -0.379 e. The second kappa shape index (κ2) is 6.65. The molecule has 0 saturated carbocycles. The van der Waals surface area contributed by atoms with Crippen LogP contribution in [0.2, 0.25) is 0 Å². The molecule has 0 spiro atoms. The largest absolute Gasteiger partial charge is 0.379 e. The van der Waals surface area contributed by atoms with E-state index in [2.05, 4.69) is 10.0 Å². The smallest absolute Gasteiger partial charge is 0.255 e. The van der Waals surface area contributed by atoms with Gasteiger partial charge in [-0.2, -0.15) is 0 Å². The zero-order valence-corrected chi connectivity index (χ0v) is 10.8. The Balaban J connectivity index is 2.70. The van der Waals surface area contributed by atoms with E-state index < -0.39 is 23.0 Å². The number of hydrogen-bond acceptors (Lipinski definition) is 3. The van der Waals surface area contributed by atoms with E-state index in [1.807, 2.05) is 6.92 Å². The summed E-state index contributed by atoms with van der Waals surface area (Å²) in [5, 5.41) is 2.50. The van der Waals surface area contributed by atoms with Gasteiger partial charge in [0.05, 0.1) is 11.4 Å². The fourth-order valence-electron chi connectivity index (χ4n) is 1.27. The van der Waals surface area contributed by atoms with E-state index >= 15 is 0 Å². The lowest BCUT2D eigenvalue weighted by Crippen LogP contribution is -2.24. The van der Waals surface area contributed by atoms with E-state index in [0.29, 0.717) is 18.7 Å². The predicted octanol–water partition coefficient (Wildman–Crippen LogP) is 2.05. The minimum atomic E-state index is -3.50. The molecule has 0 aromatic heterocycles. The van der Waals surface area contributed by atoms with Crippen LogP contribution >= 0.6 is 0 Å². The molecule has 1 aromatic carbocycles. The van der Waals surface area contributed by atoms with Gasteiger partial charge in [0.2, 0.25) is 10.0 Å². The second-order valence-corrected chi connectivity index (χ2v) is 5.46. The molecule has 0 atom stereocenters. The van der Waals surface area contributed by atoms with Crippen molar-refractivity contribution in [2.75, 3.05) is 18.4 Å². The van der Waals surface area contributed by atoms with Crippen LogP contribution in [0.25, 0.3) is 0 Å². The van der Waals surface area contributed by atoms with Crippen molar-refractivity contribution in [3.63, 3.8) is 0 Å². The van der Waals surface area contributed by atoms with Gasteiger partial charge >= 0.3 is 0 Å². The molecule has 18 heavy (non-hydrogen) atoms. The highest BCUT2D eigenvalue weighted by atomic mass is 32.2. The van der Waals surface area contributed by atoms with Gasteiger partial charge in [-0.1, -0.05) is 6.92 Å². The molecule has 0 bridgehead atoms. The molecule has 2 N–H and O–H groups in total. The van der Waals surface area contributed by atoms with Crippen molar-refractivity contribution >= 4 is 15.7 Å². The summed E-state index contributed by atoms with van der Waals surface area (Å²) in [5.41, 5.74) is 0.463. The second-order valence-electron chi connectivity index (χ2n) is 3.69. The van der Waals surface area contributed by atoms with Gasteiger partial charge in [0.15, 0.2) is 0 Å². The molecule has 1 aromatic rings. The van der Waals surface area contributed by atoms with Gasteiger partial charge in [-0.25, -0.2) is 21.9 Å². The summed E-state index contributed by atoms with van der Waals surface area (Å²) in [6.07, 6.45) is -1.74. The van der Waals surface area contributed by atoms with Gasteiger partial charge in [-0.05, 0) is 30.7 Å². The molecule has 0 radical (unpaired) electrons. The zero-order chi connectivity index (χ0) is 13.6. The van der Waals surface area contributed by atoms with Crippen molar-refractivity contribution in [2.24, 2.45) is 0 Å². The number of anilines is 1. The maximum atomic E-state index is 12.0.